The minimum atomic E-state index is -3.84. The summed E-state index contributed by atoms with van der Waals surface area (Å²) in [6, 6.07) is 9.89. The second-order valence-corrected chi connectivity index (χ2v) is 9.20. The van der Waals surface area contributed by atoms with Crippen LogP contribution in [0.2, 0.25) is 5.02 Å². The van der Waals surface area contributed by atoms with E-state index in [1.165, 1.54) is 13.2 Å². The van der Waals surface area contributed by atoms with Gasteiger partial charge in [-0.05, 0) is 50.6 Å². The standard InChI is InChI=1S/C19H22ClNO4S/c1-12-5-7-14-15(11-19(2,3)25-17(14)9-12)21-26(22,23)18-10-13(20)6-8-16(18)24-4/h5-10,15,21H,11H2,1-4H3/t15-/m0/s1. The highest BCUT2D eigenvalue weighted by Gasteiger charge is 2.36. The van der Waals surface area contributed by atoms with Gasteiger partial charge in [0.15, 0.2) is 0 Å². The van der Waals surface area contributed by atoms with Crippen LogP contribution >= 0.6 is 11.6 Å². The number of nitrogens with one attached hydrogen (secondary N) is 1. The molecule has 0 bridgehead atoms. The molecule has 0 fully saturated rings. The first kappa shape index (κ1) is 19.0. The fourth-order valence-electron chi connectivity index (χ4n) is 3.18. The van der Waals surface area contributed by atoms with Gasteiger partial charge in [0, 0.05) is 17.0 Å². The topological polar surface area (TPSA) is 64.6 Å². The van der Waals surface area contributed by atoms with Gasteiger partial charge in [0.25, 0.3) is 0 Å². The van der Waals surface area contributed by atoms with E-state index in [-0.39, 0.29) is 10.6 Å². The van der Waals surface area contributed by atoms with Gasteiger partial charge in [0.1, 0.15) is 22.0 Å². The lowest BCUT2D eigenvalue weighted by Gasteiger charge is -2.38. The van der Waals surface area contributed by atoms with Gasteiger partial charge in [-0.15, -0.1) is 0 Å². The minimum absolute atomic E-state index is 0.0189. The average Bonchev–Trinajstić information content (AvgIpc) is 2.52. The third-order valence-electron chi connectivity index (χ3n) is 4.34. The monoisotopic (exact) mass is 395 g/mol. The molecule has 0 aromatic heterocycles. The molecule has 0 unspecified atom stereocenters. The van der Waals surface area contributed by atoms with E-state index in [2.05, 4.69) is 4.72 Å². The molecule has 5 nitrogen and oxygen atoms in total. The van der Waals surface area contributed by atoms with Gasteiger partial charge in [-0.25, -0.2) is 13.1 Å². The molecule has 1 aliphatic heterocycles. The summed E-state index contributed by atoms with van der Waals surface area (Å²) in [7, 11) is -2.41. The van der Waals surface area contributed by atoms with Crippen molar-refractivity contribution in [3.8, 4) is 11.5 Å². The number of benzene rings is 2. The second-order valence-electron chi connectivity index (χ2n) is 7.08. The van der Waals surface area contributed by atoms with Gasteiger partial charge in [-0.3, -0.25) is 0 Å². The maximum absolute atomic E-state index is 13.0. The smallest absolute Gasteiger partial charge is 0.244 e. The van der Waals surface area contributed by atoms with Crippen LogP contribution in [-0.4, -0.2) is 21.1 Å². The highest BCUT2D eigenvalue weighted by atomic mass is 35.5. The Labute approximate surface area is 159 Å². The summed E-state index contributed by atoms with van der Waals surface area (Å²) in [5.74, 6) is 0.948. The molecule has 0 saturated carbocycles. The van der Waals surface area contributed by atoms with Crippen molar-refractivity contribution >= 4 is 21.6 Å². The zero-order valence-electron chi connectivity index (χ0n) is 15.2. The Morgan fingerprint density at radius 3 is 2.65 bits per heavy atom. The summed E-state index contributed by atoms with van der Waals surface area (Å²) in [5, 5.41) is 0.328. The molecule has 0 radical (unpaired) electrons. The molecular weight excluding hydrogens is 374 g/mol. The Morgan fingerprint density at radius 2 is 1.96 bits per heavy atom. The molecule has 0 spiro atoms. The van der Waals surface area contributed by atoms with Gasteiger partial charge < -0.3 is 9.47 Å². The maximum Gasteiger partial charge on any atom is 0.244 e. The summed E-state index contributed by atoms with van der Waals surface area (Å²) < 4.78 is 40.1. The number of rotatable bonds is 4. The number of halogens is 1. The van der Waals surface area contributed by atoms with Crippen LogP contribution in [0.1, 0.15) is 37.4 Å². The first-order chi connectivity index (χ1) is 12.1. The lowest BCUT2D eigenvalue weighted by Crippen LogP contribution is -2.41. The van der Waals surface area contributed by atoms with E-state index >= 15 is 0 Å². The molecule has 1 N–H and O–H groups in total. The summed E-state index contributed by atoms with van der Waals surface area (Å²) >= 11 is 6.00. The normalized spacial score (nSPS) is 18.7. The predicted molar refractivity (Wildman–Crippen MR) is 102 cm³/mol. The van der Waals surface area contributed by atoms with Crippen LogP contribution in [-0.2, 0) is 10.0 Å². The maximum atomic E-state index is 13.0. The zero-order chi connectivity index (χ0) is 19.1. The van der Waals surface area contributed by atoms with Crippen LogP contribution in [0.15, 0.2) is 41.3 Å². The number of ether oxygens (including phenoxy) is 2. The lowest BCUT2D eigenvalue weighted by molar-refractivity contribution is 0.0701. The SMILES string of the molecule is COc1ccc(Cl)cc1S(=O)(=O)N[C@H]1CC(C)(C)Oc2cc(C)ccc21. The Morgan fingerprint density at radius 1 is 1.23 bits per heavy atom. The van der Waals surface area contributed by atoms with E-state index in [9.17, 15) is 8.42 Å². The molecule has 140 valence electrons. The Balaban J connectivity index is 2.02. The van der Waals surface area contributed by atoms with E-state index in [0.29, 0.717) is 17.2 Å². The minimum Gasteiger partial charge on any atom is -0.495 e. The van der Waals surface area contributed by atoms with Crippen molar-refractivity contribution in [3.05, 3.63) is 52.5 Å². The van der Waals surface area contributed by atoms with Crippen molar-refractivity contribution in [2.45, 2.75) is 43.7 Å². The van der Waals surface area contributed by atoms with E-state index < -0.39 is 21.7 Å². The van der Waals surface area contributed by atoms with Crippen molar-refractivity contribution < 1.29 is 17.9 Å². The molecule has 0 amide bonds. The van der Waals surface area contributed by atoms with Gasteiger partial charge in [-0.2, -0.15) is 0 Å². The summed E-state index contributed by atoms with van der Waals surface area (Å²) in [6.45, 7) is 5.86. The van der Waals surface area contributed by atoms with Crippen LogP contribution in [0.25, 0.3) is 0 Å². The highest BCUT2D eigenvalue weighted by molar-refractivity contribution is 7.89. The number of sulfonamides is 1. The van der Waals surface area contributed by atoms with Gasteiger partial charge in [0.05, 0.1) is 13.2 Å². The van der Waals surface area contributed by atoms with Crippen LogP contribution in [0.5, 0.6) is 11.5 Å². The molecule has 3 rings (SSSR count). The van der Waals surface area contributed by atoms with E-state index in [0.717, 1.165) is 11.1 Å². The van der Waals surface area contributed by atoms with Crippen molar-refractivity contribution in [1.29, 1.82) is 0 Å². The molecular formula is C19H22ClNO4S. The van der Waals surface area contributed by atoms with Gasteiger partial charge >= 0.3 is 0 Å². The van der Waals surface area contributed by atoms with Crippen LogP contribution in [0.4, 0.5) is 0 Å². The quantitative estimate of drug-likeness (QED) is 0.840. The molecule has 2 aromatic rings. The number of hydrogen-bond acceptors (Lipinski definition) is 4. The van der Waals surface area contributed by atoms with E-state index in [4.69, 9.17) is 21.1 Å². The summed E-state index contributed by atoms with van der Waals surface area (Å²) in [5.41, 5.74) is 1.38. The molecule has 26 heavy (non-hydrogen) atoms. The summed E-state index contributed by atoms with van der Waals surface area (Å²) in [4.78, 5) is 0.0189. The van der Waals surface area contributed by atoms with Crippen molar-refractivity contribution in [3.63, 3.8) is 0 Å². The molecule has 2 aromatic carbocycles. The Kier molecular flexibility index (Phi) is 4.94. The number of hydrogen-bond donors (Lipinski definition) is 1. The average molecular weight is 396 g/mol. The fraction of sp³-hybridized carbons (Fsp3) is 0.368. The third kappa shape index (κ3) is 3.82. The van der Waals surface area contributed by atoms with Crippen LogP contribution < -0.4 is 14.2 Å². The van der Waals surface area contributed by atoms with Crippen LogP contribution in [0, 0.1) is 6.92 Å². The second kappa shape index (κ2) is 6.76. The highest BCUT2D eigenvalue weighted by Crippen LogP contribution is 2.41. The van der Waals surface area contributed by atoms with Gasteiger partial charge in [0.2, 0.25) is 10.0 Å². The van der Waals surface area contributed by atoms with Gasteiger partial charge in [-0.1, -0.05) is 23.7 Å². The van der Waals surface area contributed by atoms with E-state index in [1.54, 1.807) is 12.1 Å². The zero-order valence-corrected chi connectivity index (χ0v) is 16.7. The first-order valence-corrected chi connectivity index (χ1v) is 10.1. The van der Waals surface area contributed by atoms with Crippen molar-refractivity contribution in [2.75, 3.05) is 7.11 Å². The largest absolute Gasteiger partial charge is 0.495 e. The third-order valence-corrected chi connectivity index (χ3v) is 6.07. The Bertz CT molecular complexity index is 941. The molecule has 1 heterocycles. The number of fused-ring (bicyclic) bond motifs is 1. The van der Waals surface area contributed by atoms with Crippen molar-refractivity contribution in [1.82, 2.24) is 4.72 Å². The molecule has 1 aliphatic rings. The summed E-state index contributed by atoms with van der Waals surface area (Å²) in [6.07, 6.45) is 0.505. The molecule has 7 heteroatoms. The molecule has 0 saturated heterocycles. The number of aryl methyl sites for hydroxylation is 1. The fourth-order valence-corrected chi connectivity index (χ4v) is 4.82. The molecule has 0 aliphatic carbocycles. The number of methoxy groups -OCH3 is 1. The van der Waals surface area contributed by atoms with E-state index in [1.807, 2.05) is 39.0 Å². The van der Waals surface area contributed by atoms with Crippen LogP contribution in [0.3, 0.4) is 0 Å². The Hall–Kier alpha value is -1.76. The predicted octanol–water partition coefficient (Wildman–Crippen LogP) is 4.24. The van der Waals surface area contributed by atoms with Crippen molar-refractivity contribution in [2.24, 2.45) is 0 Å². The molecule has 1 atom stereocenters. The first-order valence-electron chi connectivity index (χ1n) is 8.27. The lowest BCUT2D eigenvalue weighted by atomic mass is 9.90.